The molecule has 0 saturated carbocycles. The number of nitrogens with one attached hydrogen (secondary N) is 1. The van der Waals surface area contributed by atoms with Gasteiger partial charge in [-0.2, -0.15) is 0 Å². The first-order valence-corrected chi connectivity index (χ1v) is 5.57. The van der Waals surface area contributed by atoms with E-state index in [4.69, 9.17) is 10.5 Å². The van der Waals surface area contributed by atoms with Crippen LogP contribution in [0.15, 0.2) is 12.1 Å². The topological polar surface area (TPSA) is 73.6 Å². The lowest BCUT2D eigenvalue weighted by Crippen LogP contribution is -2.28. The standard InChI is InChI=1S/C12H16F2N2O3/c1-18-8(6-15)5-11(17)16-7-3-9(13)12(19-2)10(14)4-7/h3-4,8H,5-6,15H2,1-2H3,(H,16,17). The van der Waals surface area contributed by atoms with Crippen molar-refractivity contribution in [2.24, 2.45) is 5.73 Å². The Bertz CT molecular complexity index is 428. The van der Waals surface area contributed by atoms with Gasteiger partial charge in [-0.05, 0) is 0 Å². The molecule has 0 aliphatic carbocycles. The molecular weight excluding hydrogens is 258 g/mol. The smallest absolute Gasteiger partial charge is 0.227 e. The molecule has 0 radical (unpaired) electrons. The predicted molar refractivity (Wildman–Crippen MR) is 66.0 cm³/mol. The Labute approximate surface area is 109 Å². The predicted octanol–water partition coefficient (Wildman–Crippen LogP) is 1.28. The summed E-state index contributed by atoms with van der Waals surface area (Å²) in [6.07, 6.45) is -0.435. The van der Waals surface area contributed by atoms with Crippen molar-refractivity contribution in [1.82, 2.24) is 0 Å². The molecule has 1 aromatic rings. The number of rotatable bonds is 6. The number of carbonyl (C=O) groups is 1. The van der Waals surface area contributed by atoms with Gasteiger partial charge in [0, 0.05) is 31.5 Å². The van der Waals surface area contributed by atoms with E-state index in [0.717, 1.165) is 19.2 Å². The Morgan fingerprint density at radius 3 is 2.37 bits per heavy atom. The van der Waals surface area contributed by atoms with E-state index in [1.807, 2.05) is 0 Å². The summed E-state index contributed by atoms with van der Waals surface area (Å²) < 4.78 is 36.3. The zero-order chi connectivity index (χ0) is 14.4. The van der Waals surface area contributed by atoms with Crippen LogP contribution in [0, 0.1) is 11.6 Å². The van der Waals surface area contributed by atoms with Crippen molar-refractivity contribution in [2.75, 3.05) is 26.1 Å². The second-order valence-corrected chi connectivity index (χ2v) is 3.82. The lowest BCUT2D eigenvalue weighted by Gasteiger charge is -2.13. The first-order valence-electron chi connectivity index (χ1n) is 5.57. The second kappa shape index (κ2) is 7.01. The number of nitrogens with two attached hydrogens (primary N) is 1. The minimum atomic E-state index is -0.889. The molecule has 0 spiro atoms. The number of anilines is 1. The van der Waals surface area contributed by atoms with E-state index in [9.17, 15) is 13.6 Å². The highest BCUT2D eigenvalue weighted by Crippen LogP contribution is 2.25. The SMILES string of the molecule is COc1c(F)cc(NC(=O)CC(CN)OC)cc1F. The third-order valence-electron chi connectivity index (χ3n) is 2.50. The fraction of sp³-hybridized carbons (Fsp3) is 0.417. The number of carbonyl (C=O) groups excluding carboxylic acids is 1. The van der Waals surface area contributed by atoms with Crippen LogP contribution in [0.1, 0.15) is 6.42 Å². The molecule has 0 fully saturated rings. The summed E-state index contributed by atoms with van der Waals surface area (Å²) in [5.41, 5.74) is 5.38. The van der Waals surface area contributed by atoms with Crippen LogP contribution in [0.4, 0.5) is 14.5 Å². The molecule has 19 heavy (non-hydrogen) atoms. The van der Waals surface area contributed by atoms with Crippen LogP contribution >= 0.6 is 0 Å². The highest BCUT2D eigenvalue weighted by molar-refractivity contribution is 5.91. The van der Waals surface area contributed by atoms with Crippen LogP contribution in [-0.2, 0) is 9.53 Å². The summed E-state index contributed by atoms with van der Waals surface area (Å²) in [6, 6.07) is 1.95. The molecule has 5 nitrogen and oxygen atoms in total. The van der Waals surface area contributed by atoms with Gasteiger partial charge in [-0.3, -0.25) is 4.79 Å². The Morgan fingerprint density at radius 1 is 1.37 bits per heavy atom. The molecule has 0 heterocycles. The number of amides is 1. The Morgan fingerprint density at radius 2 is 1.95 bits per heavy atom. The van der Waals surface area contributed by atoms with Gasteiger partial charge in [0.25, 0.3) is 0 Å². The van der Waals surface area contributed by atoms with E-state index in [-0.39, 0.29) is 18.7 Å². The van der Waals surface area contributed by atoms with Crippen LogP contribution < -0.4 is 15.8 Å². The molecule has 7 heteroatoms. The van der Waals surface area contributed by atoms with Gasteiger partial charge >= 0.3 is 0 Å². The van der Waals surface area contributed by atoms with Crippen molar-refractivity contribution >= 4 is 11.6 Å². The number of methoxy groups -OCH3 is 2. The average Bonchev–Trinajstić information content (AvgIpc) is 2.35. The van der Waals surface area contributed by atoms with Crippen molar-refractivity contribution in [1.29, 1.82) is 0 Å². The van der Waals surface area contributed by atoms with Gasteiger partial charge in [0.15, 0.2) is 17.4 Å². The van der Waals surface area contributed by atoms with Crippen LogP contribution in [0.3, 0.4) is 0 Å². The van der Waals surface area contributed by atoms with Crippen LogP contribution in [0.5, 0.6) is 5.75 Å². The normalized spacial score (nSPS) is 12.1. The minimum absolute atomic E-state index is 0.00225. The Hall–Kier alpha value is -1.73. The van der Waals surface area contributed by atoms with E-state index < -0.39 is 29.4 Å². The zero-order valence-corrected chi connectivity index (χ0v) is 10.7. The molecule has 3 N–H and O–H groups in total. The summed E-state index contributed by atoms with van der Waals surface area (Å²) in [4.78, 5) is 11.6. The Balaban J connectivity index is 2.75. The molecule has 0 bridgehead atoms. The number of halogens is 2. The van der Waals surface area contributed by atoms with Gasteiger partial charge in [-0.1, -0.05) is 0 Å². The fourth-order valence-electron chi connectivity index (χ4n) is 1.51. The summed E-state index contributed by atoms with van der Waals surface area (Å²) in [6.45, 7) is 0.176. The highest BCUT2D eigenvalue weighted by atomic mass is 19.1. The maximum atomic E-state index is 13.4. The number of hydrogen-bond donors (Lipinski definition) is 2. The van der Waals surface area contributed by atoms with Gasteiger partial charge in [0.05, 0.1) is 19.6 Å². The van der Waals surface area contributed by atoms with Gasteiger partial charge < -0.3 is 20.5 Å². The number of hydrogen-bond acceptors (Lipinski definition) is 4. The first-order chi connectivity index (χ1) is 9.01. The first kappa shape index (κ1) is 15.3. The average molecular weight is 274 g/mol. The number of benzene rings is 1. The van der Waals surface area contributed by atoms with Gasteiger partial charge in [-0.15, -0.1) is 0 Å². The molecule has 1 unspecified atom stereocenters. The summed E-state index contributed by atoms with van der Waals surface area (Å²) >= 11 is 0. The van der Waals surface area contributed by atoms with E-state index >= 15 is 0 Å². The Kier molecular flexibility index (Phi) is 5.65. The van der Waals surface area contributed by atoms with Crippen LogP contribution in [0.2, 0.25) is 0 Å². The molecule has 1 aromatic carbocycles. The van der Waals surface area contributed by atoms with Crippen molar-refractivity contribution in [3.05, 3.63) is 23.8 Å². The van der Waals surface area contributed by atoms with E-state index in [0.29, 0.717) is 0 Å². The van der Waals surface area contributed by atoms with E-state index in [1.165, 1.54) is 7.11 Å². The molecule has 1 rings (SSSR count). The maximum absolute atomic E-state index is 13.4. The largest absolute Gasteiger partial charge is 0.491 e. The molecule has 1 atom stereocenters. The quantitative estimate of drug-likeness (QED) is 0.819. The third kappa shape index (κ3) is 4.15. The lowest BCUT2D eigenvalue weighted by atomic mass is 10.2. The monoisotopic (exact) mass is 274 g/mol. The van der Waals surface area contributed by atoms with Gasteiger partial charge in [-0.25, -0.2) is 8.78 Å². The molecule has 0 aliphatic heterocycles. The fourth-order valence-corrected chi connectivity index (χ4v) is 1.51. The van der Waals surface area contributed by atoms with Crippen molar-refractivity contribution in [3.63, 3.8) is 0 Å². The lowest BCUT2D eigenvalue weighted by molar-refractivity contribution is -0.118. The summed E-state index contributed by atoms with van der Waals surface area (Å²) in [5.74, 6) is -2.71. The molecular formula is C12H16F2N2O3. The van der Waals surface area contributed by atoms with Gasteiger partial charge in [0.2, 0.25) is 5.91 Å². The molecule has 106 valence electrons. The van der Waals surface area contributed by atoms with Crippen molar-refractivity contribution < 1.29 is 23.0 Å². The van der Waals surface area contributed by atoms with Crippen LogP contribution in [-0.4, -0.2) is 32.8 Å². The third-order valence-corrected chi connectivity index (χ3v) is 2.50. The van der Waals surface area contributed by atoms with E-state index in [2.05, 4.69) is 10.1 Å². The maximum Gasteiger partial charge on any atom is 0.227 e. The number of ether oxygens (including phenoxy) is 2. The molecule has 0 aromatic heterocycles. The van der Waals surface area contributed by atoms with Crippen LogP contribution in [0.25, 0.3) is 0 Å². The minimum Gasteiger partial charge on any atom is -0.491 e. The zero-order valence-electron chi connectivity index (χ0n) is 10.7. The molecule has 1 amide bonds. The summed E-state index contributed by atoms with van der Waals surface area (Å²) in [7, 11) is 2.59. The van der Waals surface area contributed by atoms with Crippen molar-refractivity contribution in [3.8, 4) is 5.75 Å². The summed E-state index contributed by atoms with van der Waals surface area (Å²) in [5, 5.41) is 2.36. The molecule has 0 aliphatic rings. The van der Waals surface area contributed by atoms with E-state index in [1.54, 1.807) is 0 Å². The van der Waals surface area contributed by atoms with Gasteiger partial charge in [0.1, 0.15) is 0 Å². The van der Waals surface area contributed by atoms with Crippen molar-refractivity contribution in [2.45, 2.75) is 12.5 Å². The highest BCUT2D eigenvalue weighted by Gasteiger charge is 2.15. The second-order valence-electron chi connectivity index (χ2n) is 3.82. The molecule has 0 saturated heterocycles.